The number of hydrogen-bond acceptors (Lipinski definition) is 3. The van der Waals surface area contributed by atoms with Gasteiger partial charge in [-0.2, -0.15) is 0 Å². The van der Waals surface area contributed by atoms with Crippen LogP contribution < -0.4 is 5.32 Å². The summed E-state index contributed by atoms with van der Waals surface area (Å²) in [6, 6.07) is 11.9. The first-order chi connectivity index (χ1) is 12.7. The van der Waals surface area contributed by atoms with Gasteiger partial charge in [0.2, 0.25) is 5.91 Å². The van der Waals surface area contributed by atoms with Crippen molar-refractivity contribution in [3.8, 4) is 0 Å². The molecule has 1 amide bonds. The van der Waals surface area contributed by atoms with Crippen molar-refractivity contribution in [2.75, 3.05) is 26.2 Å². The number of nitrogens with one attached hydrogen (secondary N) is 1. The van der Waals surface area contributed by atoms with E-state index in [9.17, 15) is 4.79 Å². The van der Waals surface area contributed by atoms with E-state index in [0.29, 0.717) is 23.9 Å². The standard InChI is InChI=1S/C22H33N3O/c1-17-14-21-22(26)24(20-8-5-12-23-15-20)13-11-19(25(21)16-17)10-9-18-6-3-2-4-7-18/h2-4,6-7,17,19-21,23H,5,8-16H2,1H3/t17-,19?,20-,21+/m1/s1. The Kier molecular flexibility index (Phi) is 5.60. The molecule has 4 heteroatoms. The second kappa shape index (κ2) is 8.10. The number of rotatable bonds is 4. The Hall–Kier alpha value is -1.39. The molecular formula is C22H33N3O. The fourth-order valence-corrected chi connectivity index (χ4v) is 5.23. The maximum Gasteiger partial charge on any atom is 0.240 e. The molecule has 1 aromatic carbocycles. The van der Waals surface area contributed by atoms with E-state index < -0.39 is 0 Å². The largest absolute Gasteiger partial charge is 0.337 e. The number of piperidine rings is 1. The van der Waals surface area contributed by atoms with Crippen LogP contribution in [0.2, 0.25) is 0 Å². The van der Waals surface area contributed by atoms with E-state index in [1.807, 2.05) is 0 Å². The Balaban J connectivity index is 1.48. The number of hydrogen-bond donors (Lipinski definition) is 1. The van der Waals surface area contributed by atoms with Gasteiger partial charge in [-0.1, -0.05) is 37.3 Å². The molecule has 0 aliphatic carbocycles. The molecule has 4 rings (SSSR count). The summed E-state index contributed by atoms with van der Waals surface area (Å²) in [6.07, 6.45) is 6.79. The highest BCUT2D eigenvalue weighted by atomic mass is 16.2. The lowest BCUT2D eigenvalue weighted by Gasteiger charge is -2.35. The van der Waals surface area contributed by atoms with Crippen molar-refractivity contribution in [2.24, 2.45) is 5.92 Å². The fraction of sp³-hybridized carbons (Fsp3) is 0.682. The topological polar surface area (TPSA) is 35.6 Å². The average molecular weight is 356 g/mol. The quantitative estimate of drug-likeness (QED) is 0.902. The van der Waals surface area contributed by atoms with Crippen molar-refractivity contribution in [1.29, 1.82) is 0 Å². The molecule has 1 N–H and O–H groups in total. The van der Waals surface area contributed by atoms with E-state index in [2.05, 4.69) is 52.4 Å². The third-order valence-corrected chi connectivity index (χ3v) is 6.61. The van der Waals surface area contributed by atoms with Gasteiger partial charge >= 0.3 is 0 Å². The van der Waals surface area contributed by atoms with Crippen molar-refractivity contribution in [3.63, 3.8) is 0 Å². The van der Waals surface area contributed by atoms with E-state index >= 15 is 0 Å². The zero-order chi connectivity index (χ0) is 17.9. The van der Waals surface area contributed by atoms with Crippen LogP contribution in [0, 0.1) is 5.92 Å². The predicted molar refractivity (Wildman–Crippen MR) is 105 cm³/mol. The van der Waals surface area contributed by atoms with Gasteiger partial charge in [0.1, 0.15) is 0 Å². The molecule has 3 aliphatic rings. The molecule has 1 aromatic rings. The van der Waals surface area contributed by atoms with Gasteiger partial charge in [-0.3, -0.25) is 9.69 Å². The third-order valence-electron chi connectivity index (χ3n) is 6.61. The molecule has 26 heavy (non-hydrogen) atoms. The second-order valence-electron chi connectivity index (χ2n) is 8.55. The molecule has 142 valence electrons. The van der Waals surface area contributed by atoms with Gasteiger partial charge in [-0.15, -0.1) is 0 Å². The first-order valence-corrected chi connectivity index (χ1v) is 10.5. The summed E-state index contributed by atoms with van der Waals surface area (Å²) in [5.74, 6) is 1.04. The molecule has 0 radical (unpaired) electrons. The Labute approximate surface area is 157 Å². The molecule has 0 spiro atoms. The Bertz CT molecular complexity index is 599. The number of carbonyl (C=O) groups is 1. The molecule has 0 aromatic heterocycles. The lowest BCUT2D eigenvalue weighted by molar-refractivity contribution is -0.137. The van der Waals surface area contributed by atoms with Crippen LogP contribution in [0.4, 0.5) is 0 Å². The van der Waals surface area contributed by atoms with Gasteiger partial charge in [-0.05, 0) is 56.6 Å². The highest BCUT2D eigenvalue weighted by molar-refractivity contribution is 5.83. The zero-order valence-corrected chi connectivity index (χ0v) is 16.1. The molecule has 0 saturated carbocycles. The SMILES string of the molecule is C[C@@H]1C[C@H]2C(=O)N([C@@H]3CCCNC3)CCC(CCc3ccccc3)N2C1. The van der Waals surface area contributed by atoms with E-state index in [4.69, 9.17) is 0 Å². The van der Waals surface area contributed by atoms with Crippen molar-refractivity contribution in [3.05, 3.63) is 35.9 Å². The van der Waals surface area contributed by atoms with Crippen LogP contribution in [0.3, 0.4) is 0 Å². The van der Waals surface area contributed by atoms with Crippen molar-refractivity contribution in [1.82, 2.24) is 15.1 Å². The van der Waals surface area contributed by atoms with Gasteiger partial charge in [0, 0.05) is 31.7 Å². The molecule has 3 heterocycles. The predicted octanol–water partition coefficient (Wildman–Crippen LogP) is 2.68. The number of nitrogens with zero attached hydrogens (tertiary/aromatic N) is 2. The number of amides is 1. The lowest BCUT2D eigenvalue weighted by Crippen LogP contribution is -2.52. The molecule has 3 saturated heterocycles. The minimum Gasteiger partial charge on any atom is -0.337 e. The molecule has 3 aliphatic heterocycles. The van der Waals surface area contributed by atoms with Gasteiger partial charge < -0.3 is 10.2 Å². The molecule has 1 unspecified atom stereocenters. The van der Waals surface area contributed by atoms with Crippen LogP contribution in [-0.2, 0) is 11.2 Å². The Morgan fingerprint density at radius 2 is 2.04 bits per heavy atom. The smallest absolute Gasteiger partial charge is 0.240 e. The molecule has 4 atom stereocenters. The van der Waals surface area contributed by atoms with Gasteiger partial charge in [-0.25, -0.2) is 0 Å². The van der Waals surface area contributed by atoms with Crippen molar-refractivity contribution in [2.45, 2.75) is 63.6 Å². The van der Waals surface area contributed by atoms with E-state index in [-0.39, 0.29) is 6.04 Å². The molecular weight excluding hydrogens is 322 g/mol. The minimum atomic E-state index is 0.121. The van der Waals surface area contributed by atoms with E-state index in [1.165, 1.54) is 12.0 Å². The van der Waals surface area contributed by atoms with E-state index in [1.54, 1.807) is 0 Å². The van der Waals surface area contributed by atoms with Gasteiger partial charge in [0.25, 0.3) is 0 Å². The molecule has 3 fully saturated rings. The van der Waals surface area contributed by atoms with Crippen LogP contribution in [-0.4, -0.2) is 60.0 Å². The van der Waals surface area contributed by atoms with Crippen LogP contribution >= 0.6 is 0 Å². The van der Waals surface area contributed by atoms with E-state index in [0.717, 1.165) is 58.3 Å². The maximum atomic E-state index is 13.3. The summed E-state index contributed by atoms with van der Waals surface area (Å²) in [5.41, 5.74) is 1.42. The lowest BCUT2D eigenvalue weighted by atomic mass is 10.0. The number of aryl methyl sites for hydroxylation is 1. The van der Waals surface area contributed by atoms with Crippen LogP contribution in [0.25, 0.3) is 0 Å². The monoisotopic (exact) mass is 355 g/mol. The first-order valence-electron chi connectivity index (χ1n) is 10.5. The summed E-state index contributed by atoms with van der Waals surface area (Å²) in [4.78, 5) is 18.2. The molecule has 4 nitrogen and oxygen atoms in total. The zero-order valence-electron chi connectivity index (χ0n) is 16.1. The highest BCUT2D eigenvalue weighted by Gasteiger charge is 2.44. The maximum absolute atomic E-state index is 13.3. The Morgan fingerprint density at radius 3 is 2.81 bits per heavy atom. The number of benzene rings is 1. The van der Waals surface area contributed by atoms with Crippen LogP contribution in [0.1, 0.15) is 44.6 Å². The normalized spacial score (nSPS) is 33.1. The minimum absolute atomic E-state index is 0.121. The third kappa shape index (κ3) is 3.81. The summed E-state index contributed by atoms with van der Waals surface area (Å²) in [5, 5.41) is 3.49. The summed E-state index contributed by atoms with van der Waals surface area (Å²) in [6.45, 7) is 6.41. The van der Waals surface area contributed by atoms with Crippen molar-refractivity contribution < 1.29 is 4.79 Å². The summed E-state index contributed by atoms with van der Waals surface area (Å²) >= 11 is 0. The van der Waals surface area contributed by atoms with Crippen LogP contribution in [0.5, 0.6) is 0 Å². The van der Waals surface area contributed by atoms with Crippen LogP contribution in [0.15, 0.2) is 30.3 Å². The Morgan fingerprint density at radius 1 is 1.19 bits per heavy atom. The number of carbonyl (C=O) groups excluding carboxylic acids is 1. The summed E-state index contributed by atoms with van der Waals surface area (Å²) in [7, 11) is 0. The fourth-order valence-electron chi connectivity index (χ4n) is 5.23. The highest BCUT2D eigenvalue weighted by Crippen LogP contribution is 2.33. The number of fused-ring (bicyclic) bond motifs is 1. The first kappa shape index (κ1) is 18.0. The molecule has 0 bridgehead atoms. The average Bonchev–Trinajstić information content (AvgIpc) is 3.02. The van der Waals surface area contributed by atoms with Gasteiger partial charge in [0.05, 0.1) is 6.04 Å². The van der Waals surface area contributed by atoms with Crippen molar-refractivity contribution >= 4 is 5.91 Å². The second-order valence-corrected chi connectivity index (χ2v) is 8.55. The summed E-state index contributed by atoms with van der Waals surface area (Å²) < 4.78 is 0. The van der Waals surface area contributed by atoms with Gasteiger partial charge in [0.15, 0.2) is 0 Å².